The van der Waals surface area contributed by atoms with Gasteiger partial charge in [-0.2, -0.15) is 0 Å². The van der Waals surface area contributed by atoms with E-state index in [4.69, 9.17) is 32.9 Å². The molecule has 6 N–H and O–H groups in total. The maximum Gasteiger partial charge on any atom is 0.530 e. The zero-order valence-electron chi connectivity index (χ0n) is 47.7. The summed E-state index contributed by atoms with van der Waals surface area (Å²) in [5.41, 5.74) is 8.75. The molecule has 0 saturated carbocycles. The second-order valence-corrected chi connectivity index (χ2v) is 23.8. The van der Waals surface area contributed by atoms with Gasteiger partial charge in [0.25, 0.3) is 0 Å². The number of rotatable bonds is 32. The van der Waals surface area contributed by atoms with Crippen LogP contribution in [-0.4, -0.2) is 53.7 Å². The summed E-state index contributed by atoms with van der Waals surface area (Å²) in [6.45, 7) is 2.56. The first kappa shape index (κ1) is 63.3. The van der Waals surface area contributed by atoms with E-state index in [1.807, 2.05) is 140 Å². The number of hydrogen-bond donors (Lipinski definition) is 5. The highest BCUT2D eigenvalue weighted by Crippen LogP contribution is 2.52. The molecule has 3 atom stereocenters. The number of carbonyl (C=O) groups excluding carboxylic acids is 5. The summed E-state index contributed by atoms with van der Waals surface area (Å²) in [7, 11) is -8.53. The molecule has 0 radical (unpaired) electrons. The molecule has 0 aliphatic heterocycles. The van der Waals surface area contributed by atoms with Crippen molar-refractivity contribution in [3.05, 3.63) is 251 Å². The van der Waals surface area contributed by atoms with E-state index < -0.39 is 69.2 Å². The van der Waals surface area contributed by atoms with E-state index in [2.05, 4.69) is 21.3 Å². The molecule has 18 nitrogen and oxygen atoms in total. The fraction of sp³-hybridized carbons (Fsp3) is 0.227. The van der Waals surface area contributed by atoms with Crippen molar-refractivity contribution in [3.8, 4) is 11.5 Å². The lowest BCUT2D eigenvalue weighted by molar-refractivity contribution is -0.137. The number of nitrogens with two attached hydrogens (primary N) is 1. The van der Waals surface area contributed by atoms with E-state index in [-0.39, 0.29) is 57.3 Å². The second-order valence-electron chi connectivity index (χ2n) is 20.6. The van der Waals surface area contributed by atoms with Gasteiger partial charge in [-0.25, -0.2) is 9.13 Å². The Hall–Kier alpha value is -8.73. The standard InChI is InChI=1S/C66H69N5O13P2/c1-48(72)69-60(41-49-32-36-57(37-33-49)83-85(77,79-44-51-19-7-3-8-20-51)80-45-52-21-9-4-10-22-52)64(75)71-66(2,65(76)70-61(42-62(67)73)63(74)68-40-18-30-56-29-17-28-55-27-15-16-31-59(55)56)43-50-34-38-58(39-35-50)84-86(78,81-46-53-23-11-5-12-24-53)82-47-54-25-13-6-14-26-54/h3-17,19-29,31-39,60-61H,18,30,40-47H2,1-2H3,(H2,67,73)(H,68,74)(H,69,72)(H,70,76)(H,71,75). The Balaban J connectivity index is 1.01. The number of carbonyl (C=O) groups is 5. The van der Waals surface area contributed by atoms with Gasteiger partial charge in [0.2, 0.25) is 29.5 Å². The lowest BCUT2D eigenvalue weighted by atomic mass is 9.90. The van der Waals surface area contributed by atoms with E-state index in [9.17, 15) is 33.1 Å². The summed E-state index contributed by atoms with van der Waals surface area (Å²) in [6.07, 6.45) is 0.256. The van der Waals surface area contributed by atoms with Crippen molar-refractivity contribution < 1.29 is 60.2 Å². The lowest BCUT2D eigenvalue weighted by Gasteiger charge is -2.33. The number of aryl methyl sites for hydroxylation is 1. The summed E-state index contributed by atoms with van der Waals surface area (Å²) < 4.78 is 63.6. The van der Waals surface area contributed by atoms with Gasteiger partial charge in [-0.15, -0.1) is 0 Å². The van der Waals surface area contributed by atoms with Crippen molar-refractivity contribution in [3.63, 3.8) is 0 Å². The van der Waals surface area contributed by atoms with Crippen molar-refractivity contribution in [2.75, 3.05) is 6.54 Å². The number of primary amides is 1. The van der Waals surface area contributed by atoms with E-state index in [0.717, 1.165) is 38.6 Å². The maximum atomic E-state index is 14.9. The SMILES string of the molecule is CC(=O)NC(Cc1ccc(OP(=O)(OCc2ccccc2)OCc2ccccc2)cc1)C(=O)NC(C)(Cc1ccc(OP(=O)(OCc2ccccc2)OCc2ccccc2)cc1)C(=O)NC(CC(N)=O)C(=O)NCCCc1cccc2ccccc12. The van der Waals surface area contributed by atoms with Gasteiger partial charge in [-0.05, 0) is 93.7 Å². The molecule has 0 aliphatic rings. The first-order valence-electron chi connectivity index (χ1n) is 27.9. The largest absolute Gasteiger partial charge is 0.530 e. The van der Waals surface area contributed by atoms with Gasteiger partial charge < -0.3 is 36.0 Å². The van der Waals surface area contributed by atoms with Crippen LogP contribution in [0.25, 0.3) is 10.8 Å². The molecule has 0 heterocycles. The summed E-state index contributed by atoms with van der Waals surface area (Å²) >= 11 is 0. The summed E-state index contributed by atoms with van der Waals surface area (Å²) in [4.78, 5) is 68.8. The summed E-state index contributed by atoms with van der Waals surface area (Å²) in [5.74, 6) is -3.54. The van der Waals surface area contributed by atoms with Crippen LogP contribution in [0.15, 0.2) is 212 Å². The quantitative estimate of drug-likeness (QED) is 0.0195. The Morgan fingerprint density at radius 2 is 0.942 bits per heavy atom. The van der Waals surface area contributed by atoms with Crippen molar-refractivity contribution in [2.24, 2.45) is 5.73 Å². The molecule has 0 aromatic heterocycles. The number of phosphoric acid groups is 2. The molecular weight excluding hydrogens is 1130 g/mol. The van der Waals surface area contributed by atoms with Crippen LogP contribution in [-0.2, 0) is 96.9 Å². The monoisotopic (exact) mass is 1200 g/mol. The van der Waals surface area contributed by atoms with Crippen LogP contribution in [0.5, 0.6) is 11.5 Å². The number of benzene rings is 8. The van der Waals surface area contributed by atoms with Crippen LogP contribution in [0, 0.1) is 0 Å². The third kappa shape index (κ3) is 19.7. The third-order valence-corrected chi connectivity index (χ3v) is 16.3. The Bertz CT molecular complexity index is 3520. The third-order valence-electron chi connectivity index (χ3n) is 13.6. The topological polar surface area (TPSA) is 249 Å². The minimum atomic E-state index is -4.29. The van der Waals surface area contributed by atoms with E-state index in [1.165, 1.54) is 38.1 Å². The predicted octanol–water partition coefficient (Wildman–Crippen LogP) is 11.0. The molecule has 8 rings (SSSR count). The van der Waals surface area contributed by atoms with Crippen molar-refractivity contribution >= 4 is 56.0 Å². The first-order valence-corrected chi connectivity index (χ1v) is 30.9. The van der Waals surface area contributed by atoms with Gasteiger partial charge >= 0.3 is 15.6 Å². The molecule has 5 amide bonds. The number of fused-ring (bicyclic) bond motifs is 1. The average molecular weight is 1200 g/mol. The Morgan fingerprint density at radius 3 is 1.41 bits per heavy atom. The van der Waals surface area contributed by atoms with Crippen molar-refractivity contribution in [1.29, 1.82) is 0 Å². The molecule has 3 unspecified atom stereocenters. The van der Waals surface area contributed by atoms with Gasteiger partial charge in [0.15, 0.2) is 0 Å². The van der Waals surface area contributed by atoms with Crippen LogP contribution in [0.4, 0.5) is 0 Å². The molecule has 0 bridgehead atoms. The van der Waals surface area contributed by atoms with Crippen LogP contribution in [0.1, 0.15) is 65.6 Å². The second kappa shape index (κ2) is 30.9. The number of amides is 5. The molecule has 0 aliphatic carbocycles. The highest BCUT2D eigenvalue weighted by molar-refractivity contribution is 7.49. The molecule has 446 valence electrons. The molecule has 20 heteroatoms. The Morgan fingerprint density at radius 1 is 0.500 bits per heavy atom. The van der Waals surface area contributed by atoms with Gasteiger partial charge in [-0.3, -0.25) is 42.1 Å². The van der Waals surface area contributed by atoms with Gasteiger partial charge in [0.05, 0.1) is 32.8 Å². The summed E-state index contributed by atoms with van der Waals surface area (Å²) in [5, 5.41) is 13.2. The zero-order chi connectivity index (χ0) is 60.8. The molecule has 86 heavy (non-hydrogen) atoms. The minimum Gasteiger partial charge on any atom is -0.404 e. The van der Waals surface area contributed by atoms with Crippen LogP contribution >= 0.6 is 15.6 Å². The first-order chi connectivity index (χ1) is 41.5. The van der Waals surface area contributed by atoms with Crippen LogP contribution in [0.2, 0.25) is 0 Å². The molecule has 0 saturated heterocycles. The fourth-order valence-electron chi connectivity index (χ4n) is 9.19. The zero-order valence-corrected chi connectivity index (χ0v) is 49.5. The Labute approximate surface area is 500 Å². The number of hydrogen-bond acceptors (Lipinski definition) is 13. The van der Waals surface area contributed by atoms with Gasteiger partial charge in [0.1, 0.15) is 29.1 Å². The fourth-order valence-corrected chi connectivity index (χ4v) is 11.5. The normalized spacial score (nSPS) is 12.9. The molecular formula is C66H69N5O13P2. The number of phosphoric ester groups is 2. The molecule has 0 fully saturated rings. The van der Waals surface area contributed by atoms with Crippen LogP contribution < -0.4 is 36.0 Å². The minimum absolute atomic E-state index is 0.0689. The molecule has 8 aromatic rings. The van der Waals surface area contributed by atoms with E-state index >= 15 is 0 Å². The lowest BCUT2D eigenvalue weighted by Crippen LogP contribution is -2.64. The summed E-state index contributed by atoms with van der Waals surface area (Å²) in [6, 6.07) is 60.1. The molecule has 8 aromatic carbocycles. The Kier molecular flexibility index (Phi) is 22.7. The highest BCUT2D eigenvalue weighted by atomic mass is 31.2. The molecule has 0 spiro atoms. The van der Waals surface area contributed by atoms with Gasteiger partial charge in [0, 0.05) is 26.3 Å². The van der Waals surface area contributed by atoms with Crippen molar-refractivity contribution in [1.82, 2.24) is 21.3 Å². The number of nitrogens with one attached hydrogen (secondary N) is 4. The smallest absolute Gasteiger partial charge is 0.404 e. The maximum absolute atomic E-state index is 14.9. The van der Waals surface area contributed by atoms with Crippen LogP contribution in [0.3, 0.4) is 0 Å². The highest BCUT2D eigenvalue weighted by Gasteiger charge is 2.40. The van der Waals surface area contributed by atoms with Gasteiger partial charge in [-0.1, -0.05) is 188 Å². The predicted molar refractivity (Wildman–Crippen MR) is 327 cm³/mol. The van der Waals surface area contributed by atoms with Crippen molar-refractivity contribution in [2.45, 2.75) is 90.0 Å². The average Bonchev–Trinajstić information content (AvgIpc) is 2.30. The van der Waals surface area contributed by atoms with E-state index in [0.29, 0.717) is 24.0 Å². The van der Waals surface area contributed by atoms with E-state index in [1.54, 1.807) is 48.5 Å².